The molecule has 7 heteroatoms. The normalized spacial score (nSPS) is 23.0. The summed E-state index contributed by atoms with van der Waals surface area (Å²) in [7, 11) is 0. The lowest BCUT2D eigenvalue weighted by atomic mass is 10.1. The van der Waals surface area contributed by atoms with E-state index in [0.29, 0.717) is 18.8 Å². The van der Waals surface area contributed by atoms with Crippen molar-refractivity contribution in [1.82, 2.24) is 4.90 Å². The SMILES string of the molecule is O=[N+]([O-])c1ccc(Br)cc1N1CC2OCCN(Cc3ccccc3)C2C1. The zero-order chi connectivity index (χ0) is 18.1. The van der Waals surface area contributed by atoms with E-state index < -0.39 is 0 Å². The summed E-state index contributed by atoms with van der Waals surface area (Å²) in [5.41, 5.74) is 2.07. The molecule has 136 valence electrons. The molecule has 0 radical (unpaired) electrons. The third-order valence-corrected chi connectivity index (χ3v) is 5.61. The van der Waals surface area contributed by atoms with Crippen LogP contribution in [0.2, 0.25) is 0 Å². The van der Waals surface area contributed by atoms with Gasteiger partial charge in [0, 0.05) is 36.7 Å². The molecule has 2 heterocycles. The first-order chi connectivity index (χ1) is 12.6. The summed E-state index contributed by atoms with van der Waals surface area (Å²) in [6.07, 6.45) is 0.0750. The van der Waals surface area contributed by atoms with Gasteiger partial charge in [-0.05, 0) is 17.7 Å². The van der Waals surface area contributed by atoms with E-state index in [1.165, 1.54) is 5.56 Å². The van der Waals surface area contributed by atoms with E-state index in [2.05, 4.69) is 50.0 Å². The molecular weight excluding hydrogens is 398 g/mol. The number of benzene rings is 2. The Labute approximate surface area is 160 Å². The lowest BCUT2D eigenvalue weighted by molar-refractivity contribution is -0.384. The van der Waals surface area contributed by atoms with E-state index in [1.54, 1.807) is 12.1 Å². The molecule has 2 saturated heterocycles. The summed E-state index contributed by atoms with van der Waals surface area (Å²) in [4.78, 5) is 15.6. The predicted octanol–water partition coefficient (Wildman–Crippen LogP) is 3.45. The molecule has 4 rings (SSSR count). The topological polar surface area (TPSA) is 58.9 Å². The van der Waals surface area contributed by atoms with Gasteiger partial charge in [0.2, 0.25) is 0 Å². The van der Waals surface area contributed by atoms with Gasteiger partial charge in [0.15, 0.2) is 0 Å². The van der Waals surface area contributed by atoms with E-state index in [-0.39, 0.29) is 22.8 Å². The van der Waals surface area contributed by atoms with Gasteiger partial charge in [0.25, 0.3) is 5.69 Å². The quantitative estimate of drug-likeness (QED) is 0.563. The maximum atomic E-state index is 11.4. The number of ether oxygens (including phenoxy) is 1. The van der Waals surface area contributed by atoms with Gasteiger partial charge in [0.05, 0.1) is 23.7 Å². The fraction of sp³-hybridized carbons (Fsp3) is 0.368. The molecule has 0 N–H and O–H groups in total. The largest absolute Gasteiger partial charge is 0.373 e. The van der Waals surface area contributed by atoms with Crippen LogP contribution in [0.1, 0.15) is 5.56 Å². The molecule has 2 unspecified atom stereocenters. The molecule has 0 bridgehead atoms. The minimum Gasteiger partial charge on any atom is -0.373 e. The molecule has 2 fully saturated rings. The van der Waals surface area contributed by atoms with Crippen molar-refractivity contribution >= 4 is 27.3 Å². The van der Waals surface area contributed by atoms with Crippen LogP contribution in [-0.2, 0) is 11.3 Å². The first-order valence-corrected chi connectivity index (χ1v) is 9.49. The molecule has 0 spiro atoms. The molecule has 2 aliphatic heterocycles. The van der Waals surface area contributed by atoms with E-state index >= 15 is 0 Å². The Morgan fingerprint density at radius 3 is 2.77 bits per heavy atom. The summed E-state index contributed by atoms with van der Waals surface area (Å²) in [5, 5.41) is 11.4. The van der Waals surface area contributed by atoms with Crippen LogP contribution in [0.5, 0.6) is 0 Å². The Kier molecular flexibility index (Phi) is 4.93. The Morgan fingerprint density at radius 2 is 2.00 bits per heavy atom. The van der Waals surface area contributed by atoms with Crippen molar-refractivity contribution in [2.24, 2.45) is 0 Å². The van der Waals surface area contributed by atoms with E-state index in [1.807, 2.05) is 12.1 Å². The smallest absolute Gasteiger partial charge is 0.292 e. The van der Waals surface area contributed by atoms with Crippen LogP contribution in [0.15, 0.2) is 53.0 Å². The van der Waals surface area contributed by atoms with E-state index in [9.17, 15) is 10.1 Å². The third kappa shape index (κ3) is 3.47. The highest BCUT2D eigenvalue weighted by Gasteiger charge is 2.41. The van der Waals surface area contributed by atoms with Crippen LogP contribution in [0.3, 0.4) is 0 Å². The standard InChI is InChI=1S/C19H20BrN3O3/c20-15-6-7-16(23(24)25)17(10-15)22-12-18-19(13-22)26-9-8-21(18)11-14-4-2-1-3-5-14/h1-7,10,18-19H,8-9,11-13H2. The molecule has 0 amide bonds. The number of halogens is 1. The van der Waals surface area contributed by atoms with Crippen LogP contribution in [0.4, 0.5) is 11.4 Å². The van der Waals surface area contributed by atoms with Crippen LogP contribution in [0, 0.1) is 10.1 Å². The number of fused-ring (bicyclic) bond motifs is 1. The van der Waals surface area contributed by atoms with Crippen molar-refractivity contribution in [2.75, 3.05) is 31.1 Å². The Bertz CT molecular complexity index is 802. The van der Waals surface area contributed by atoms with Gasteiger partial charge < -0.3 is 9.64 Å². The maximum absolute atomic E-state index is 11.4. The number of nitrogens with zero attached hydrogens (tertiary/aromatic N) is 3. The summed E-state index contributed by atoms with van der Waals surface area (Å²) in [5.74, 6) is 0. The maximum Gasteiger partial charge on any atom is 0.292 e. The number of hydrogen-bond acceptors (Lipinski definition) is 5. The number of rotatable bonds is 4. The second-order valence-electron chi connectivity index (χ2n) is 6.73. The van der Waals surface area contributed by atoms with Crippen molar-refractivity contribution in [3.8, 4) is 0 Å². The number of morpholine rings is 1. The molecule has 26 heavy (non-hydrogen) atoms. The number of nitro groups is 1. The molecule has 2 atom stereocenters. The van der Waals surface area contributed by atoms with Crippen molar-refractivity contribution in [2.45, 2.75) is 18.7 Å². The first-order valence-electron chi connectivity index (χ1n) is 8.70. The minimum absolute atomic E-state index is 0.0750. The fourth-order valence-corrected chi connectivity index (χ4v) is 4.22. The Balaban J connectivity index is 1.56. The second kappa shape index (κ2) is 7.34. The highest BCUT2D eigenvalue weighted by atomic mass is 79.9. The zero-order valence-corrected chi connectivity index (χ0v) is 15.8. The summed E-state index contributed by atoms with van der Waals surface area (Å²) >= 11 is 3.43. The van der Waals surface area contributed by atoms with Gasteiger partial charge in [0.1, 0.15) is 5.69 Å². The molecular formula is C19H20BrN3O3. The monoisotopic (exact) mass is 417 g/mol. The van der Waals surface area contributed by atoms with Gasteiger partial charge in [-0.3, -0.25) is 15.0 Å². The van der Waals surface area contributed by atoms with Crippen LogP contribution >= 0.6 is 15.9 Å². The number of anilines is 1. The molecule has 0 saturated carbocycles. The minimum atomic E-state index is -0.313. The number of nitro benzene ring substituents is 1. The average Bonchev–Trinajstić information content (AvgIpc) is 3.07. The second-order valence-corrected chi connectivity index (χ2v) is 7.64. The molecule has 2 aliphatic rings. The predicted molar refractivity (Wildman–Crippen MR) is 103 cm³/mol. The average molecular weight is 418 g/mol. The van der Waals surface area contributed by atoms with Crippen LogP contribution < -0.4 is 4.90 Å². The van der Waals surface area contributed by atoms with E-state index in [4.69, 9.17) is 4.74 Å². The van der Waals surface area contributed by atoms with E-state index in [0.717, 1.165) is 24.1 Å². The zero-order valence-electron chi connectivity index (χ0n) is 14.3. The first kappa shape index (κ1) is 17.5. The van der Waals surface area contributed by atoms with Gasteiger partial charge >= 0.3 is 0 Å². The Hall–Kier alpha value is -1.96. The molecule has 0 aromatic heterocycles. The summed E-state index contributed by atoms with van der Waals surface area (Å²) in [6, 6.07) is 15.7. The number of hydrogen-bond donors (Lipinski definition) is 0. The van der Waals surface area contributed by atoms with Gasteiger partial charge in [-0.1, -0.05) is 46.3 Å². The third-order valence-electron chi connectivity index (χ3n) is 5.12. The molecule has 2 aromatic carbocycles. The summed E-state index contributed by atoms with van der Waals surface area (Å²) in [6.45, 7) is 3.86. The van der Waals surface area contributed by atoms with Crippen molar-refractivity contribution in [1.29, 1.82) is 0 Å². The lowest BCUT2D eigenvalue weighted by Gasteiger charge is -2.36. The highest BCUT2D eigenvalue weighted by molar-refractivity contribution is 9.10. The van der Waals surface area contributed by atoms with Gasteiger partial charge in [-0.15, -0.1) is 0 Å². The van der Waals surface area contributed by atoms with Crippen molar-refractivity contribution in [3.63, 3.8) is 0 Å². The highest BCUT2D eigenvalue weighted by Crippen LogP contribution is 2.35. The molecule has 0 aliphatic carbocycles. The molecule has 2 aromatic rings. The fourth-order valence-electron chi connectivity index (χ4n) is 3.87. The van der Waals surface area contributed by atoms with Crippen molar-refractivity contribution in [3.05, 3.63) is 68.7 Å². The van der Waals surface area contributed by atoms with Crippen molar-refractivity contribution < 1.29 is 9.66 Å². The van der Waals surface area contributed by atoms with Gasteiger partial charge in [-0.2, -0.15) is 0 Å². The van der Waals surface area contributed by atoms with Crippen LogP contribution in [0.25, 0.3) is 0 Å². The van der Waals surface area contributed by atoms with Gasteiger partial charge in [-0.25, -0.2) is 0 Å². The van der Waals surface area contributed by atoms with Crippen LogP contribution in [-0.4, -0.2) is 48.2 Å². The summed E-state index contributed by atoms with van der Waals surface area (Å²) < 4.78 is 6.83. The lowest BCUT2D eigenvalue weighted by Crippen LogP contribution is -2.50. The molecule has 6 nitrogen and oxygen atoms in total. The Morgan fingerprint density at radius 1 is 1.19 bits per heavy atom.